The van der Waals surface area contributed by atoms with Gasteiger partial charge in [-0.2, -0.15) is 0 Å². The van der Waals surface area contributed by atoms with Crippen molar-refractivity contribution in [1.29, 1.82) is 0 Å². The summed E-state index contributed by atoms with van der Waals surface area (Å²) < 4.78 is 0. The molecule has 0 aliphatic heterocycles. The van der Waals surface area contributed by atoms with Crippen molar-refractivity contribution in [2.75, 3.05) is 14.1 Å². The highest BCUT2D eigenvalue weighted by Gasteiger charge is 2.26. The maximum absolute atomic E-state index is 2.39. The third-order valence-corrected chi connectivity index (χ3v) is 3.08. The normalized spacial score (nSPS) is 39.5. The smallest absolute Gasteiger partial charge is 0.0117 e. The van der Waals surface area contributed by atoms with E-state index in [2.05, 4.69) is 32.8 Å². The Morgan fingerprint density at radius 2 is 1.73 bits per heavy atom. The monoisotopic (exact) mass is 155 g/mol. The second-order valence-electron chi connectivity index (χ2n) is 4.43. The summed E-state index contributed by atoms with van der Waals surface area (Å²) >= 11 is 0. The molecule has 0 amide bonds. The first kappa shape index (κ1) is 9.05. The van der Waals surface area contributed by atoms with E-state index in [-0.39, 0.29) is 0 Å². The fraction of sp³-hybridized carbons (Fsp3) is 1.00. The number of nitrogens with zero attached hydrogens (tertiary/aromatic N) is 1. The Kier molecular flexibility index (Phi) is 2.94. The van der Waals surface area contributed by atoms with Crippen LogP contribution in [0.5, 0.6) is 0 Å². The molecule has 1 rings (SSSR count). The molecule has 0 radical (unpaired) electrons. The molecule has 0 spiro atoms. The average molecular weight is 155 g/mol. The molecule has 0 aromatic heterocycles. The summed E-state index contributed by atoms with van der Waals surface area (Å²) in [6, 6.07) is 0.832. The lowest BCUT2D eigenvalue weighted by Gasteiger charge is -2.37. The van der Waals surface area contributed by atoms with Gasteiger partial charge in [0.05, 0.1) is 0 Å². The van der Waals surface area contributed by atoms with E-state index >= 15 is 0 Å². The van der Waals surface area contributed by atoms with Crippen molar-refractivity contribution in [3.8, 4) is 0 Å². The molecule has 0 aromatic carbocycles. The van der Waals surface area contributed by atoms with E-state index in [1.807, 2.05) is 0 Å². The largest absolute Gasteiger partial charge is 0.306 e. The highest BCUT2D eigenvalue weighted by Crippen LogP contribution is 2.30. The van der Waals surface area contributed by atoms with Gasteiger partial charge in [-0.15, -0.1) is 0 Å². The maximum Gasteiger partial charge on any atom is 0.0117 e. The SMILES string of the molecule is CC1CCC(C)C(N(C)C)C1. The van der Waals surface area contributed by atoms with Gasteiger partial charge in [-0.3, -0.25) is 0 Å². The molecule has 0 N–H and O–H groups in total. The van der Waals surface area contributed by atoms with Gasteiger partial charge in [0.2, 0.25) is 0 Å². The predicted molar refractivity (Wildman–Crippen MR) is 49.7 cm³/mol. The van der Waals surface area contributed by atoms with Crippen LogP contribution in [0.15, 0.2) is 0 Å². The van der Waals surface area contributed by atoms with Gasteiger partial charge in [0.15, 0.2) is 0 Å². The van der Waals surface area contributed by atoms with Crippen LogP contribution in [0.1, 0.15) is 33.1 Å². The molecule has 1 aliphatic carbocycles. The predicted octanol–water partition coefficient (Wildman–Crippen LogP) is 2.37. The highest BCUT2D eigenvalue weighted by molar-refractivity contribution is 4.80. The molecule has 0 aromatic rings. The Bertz CT molecular complexity index is 120. The summed E-state index contributed by atoms with van der Waals surface area (Å²) in [5.74, 6) is 1.85. The summed E-state index contributed by atoms with van der Waals surface area (Å²) in [5.41, 5.74) is 0. The van der Waals surface area contributed by atoms with E-state index in [1.165, 1.54) is 19.3 Å². The fourth-order valence-corrected chi connectivity index (χ4v) is 2.22. The molecule has 0 heterocycles. The maximum atomic E-state index is 2.39. The van der Waals surface area contributed by atoms with Crippen LogP contribution in [0.25, 0.3) is 0 Å². The van der Waals surface area contributed by atoms with E-state index in [4.69, 9.17) is 0 Å². The summed E-state index contributed by atoms with van der Waals surface area (Å²) in [5, 5.41) is 0. The summed E-state index contributed by atoms with van der Waals surface area (Å²) in [4.78, 5) is 2.39. The quantitative estimate of drug-likeness (QED) is 0.562. The zero-order chi connectivity index (χ0) is 8.43. The molecule has 0 saturated heterocycles. The minimum Gasteiger partial charge on any atom is -0.306 e. The lowest BCUT2D eigenvalue weighted by atomic mass is 9.79. The Balaban J connectivity index is 2.47. The molecule has 11 heavy (non-hydrogen) atoms. The minimum absolute atomic E-state index is 0.832. The first-order valence-corrected chi connectivity index (χ1v) is 4.77. The van der Waals surface area contributed by atoms with E-state index in [0.717, 1.165) is 17.9 Å². The molecule has 66 valence electrons. The minimum atomic E-state index is 0.832. The van der Waals surface area contributed by atoms with Crippen LogP contribution in [0.4, 0.5) is 0 Å². The van der Waals surface area contributed by atoms with Crippen LogP contribution in [-0.4, -0.2) is 25.0 Å². The van der Waals surface area contributed by atoms with Gasteiger partial charge in [0.1, 0.15) is 0 Å². The third-order valence-electron chi connectivity index (χ3n) is 3.08. The van der Waals surface area contributed by atoms with Gasteiger partial charge in [-0.25, -0.2) is 0 Å². The number of rotatable bonds is 1. The third kappa shape index (κ3) is 2.19. The van der Waals surface area contributed by atoms with Crippen LogP contribution in [-0.2, 0) is 0 Å². The van der Waals surface area contributed by atoms with Crippen molar-refractivity contribution in [1.82, 2.24) is 4.90 Å². The zero-order valence-corrected chi connectivity index (χ0v) is 8.30. The second kappa shape index (κ2) is 3.57. The molecule has 1 nitrogen and oxygen atoms in total. The van der Waals surface area contributed by atoms with Crippen LogP contribution >= 0.6 is 0 Å². The standard InChI is InChI=1S/C10H21N/c1-8-5-6-9(2)10(7-8)11(3)4/h8-10H,5-7H2,1-4H3. The highest BCUT2D eigenvalue weighted by atomic mass is 15.1. The lowest BCUT2D eigenvalue weighted by Crippen LogP contribution is -2.38. The molecule has 1 saturated carbocycles. The molecule has 1 aliphatic rings. The first-order valence-electron chi connectivity index (χ1n) is 4.77. The van der Waals surface area contributed by atoms with Crippen LogP contribution < -0.4 is 0 Å². The summed E-state index contributed by atoms with van der Waals surface area (Å²) in [7, 11) is 4.42. The van der Waals surface area contributed by atoms with Gasteiger partial charge in [-0.1, -0.05) is 20.3 Å². The van der Waals surface area contributed by atoms with Gasteiger partial charge < -0.3 is 4.90 Å². The molecule has 0 bridgehead atoms. The number of hydrogen-bond acceptors (Lipinski definition) is 1. The summed E-state index contributed by atoms with van der Waals surface area (Å²) in [6.07, 6.45) is 4.25. The van der Waals surface area contributed by atoms with Crippen molar-refractivity contribution in [3.63, 3.8) is 0 Å². The van der Waals surface area contributed by atoms with Crippen LogP contribution in [0.3, 0.4) is 0 Å². The van der Waals surface area contributed by atoms with Gasteiger partial charge >= 0.3 is 0 Å². The topological polar surface area (TPSA) is 3.24 Å². The van der Waals surface area contributed by atoms with Crippen LogP contribution in [0, 0.1) is 11.8 Å². The van der Waals surface area contributed by atoms with E-state index in [1.54, 1.807) is 0 Å². The van der Waals surface area contributed by atoms with Crippen LogP contribution in [0.2, 0.25) is 0 Å². The molecule has 1 fully saturated rings. The van der Waals surface area contributed by atoms with Gasteiger partial charge in [0.25, 0.3) is 0 Å². The van der Waals surface area contributed by atoms with Crippen molar-refractivity contribution in [2.45, 2.75) is 39.2 Å². The molecule has 3 unspecified atom stereocenters. The molecular formula is C10H21N. The zero-order valence-electron chi connectivity index (χ0n) is 8.30. The average Bonchev–Trinajstić information content (AvgIpc) is 1.94. The second-order valence-corrected chi connectivity index (χ2v) is 4.43. The summed E-state index contributed by atoms with van der Waals surface area (Å²) in [6.45, 7) is 4.76. The Hall–Kier alpha value is -0.0400. The van der Waals surface area contributed by atoms with Gasteiger partial charge in [0, 0.05) is 6.04 Å². The van der Waals surface area contributed by atoms with E-state index in [0.29, 0.717) is 0 Å². The Morgan fingerprint density at radius 3 is 2.18 bits per heavy atom. The Labute approximate surface area is 70.8 Å². The van der Waals surface area contributed by atoms with Gasteiger partial charge in [-0.05, 0) is 38.8 Å². The molecule has 1 heteroatoms. The fourth-order valence-electron chi connectivity index (χ4n) is 2.22. The first-order chi connectivity index (χ1) is 5.11. The van der Waals surface area contributed by atoms with E-state index in [9.17, 15) is 0 Å². The number of hydrogen-bond donors (Lipinski definition) is 0. The van der Waals surface area contributed by atoms with Crippen molar-refractivity contribution < 1.29 is 0 Å². The molecular weight excluding hydrogens is 134 g/mol. The lowest BCUT2D eigenvalue weighted by molar-refractivity contribution is 0.137. The van der Waals surface area contributed by atoms with Crippen molar-refractivity contribution in [3.05, 3.63) is 0 Å². The van der Waals surface area contributed by atoms with E-state index < -0.39 is 0 Å². The van der Waals surface area contributed by atoms with Crippen molar-refractivity contribution >= 4 is 0 Å². The Morgan fingerprint density at radius 1 is 1.09 bits per heavy atom. The molecule has 3 atom stereocenters. The van der Waals surface area contributed by atoms with Crippen molar-refractivity contribution in [2.24, 2.45) is 11.8 Å².